The van der Waals surface area contributed by atoms with Crippen LogP contribution in [0.15, 0.2) is 41.3 Å². The average Bonchev–Trinajstić information content (AvgIpc) is 2.75. The number of piperazine rings is 1. The van der Waals surface area contributed by atoms with Crippen molar-refractivity contribution in [2.45, 2.75) is 43.6 Å². The molecule has 1 heterocycles. The zero-order valence-corrected chi connectivity index (χ0v) is 18.2. The molecule has 29 heavy (non-hydrogen) atoms. The molecule has 0 bridgehead atoms. The first-order chi connectivity index (χ1) is 14.1. The Kier molecular flexibility index (Phi) is 6.68. The molecule has 4 rings (SSSR count). The minimum Gasteiger partial charge on any atom is -0.491 e. The van der Waals surface area contributed by atoms with Gasteiger partial charge in [-0.15, -0.1) is 12.6 Å². The molecule has 0 amide bonds. The SMILES string of the molecule is Cc1c(S)cccc1N1CCN(CC(O)COc2cccc3c2CCCC3)CC1. The largest absolute Gasteiger partial charge is 0.491 e. The summed E-state index contributed by atoms with van der Waals surface area (Å²) in [5, 5.41) is 10.5. The third kappa shape index (κ3) is 4.90. The number of aryl methyl sites for hydroxylation is 1. The zero-order chi connectivity index (χ0) is 20.2. The Labute approximate surface area is 179 Å². The van der Waals surface area contributed by atoms with Gasteiger partial charge in [0.15, 0.2) is 0 Å². The van der Waals surface area contributed by atoms with E-state index in [-0.39, 0.29) is 0 Å². The Morgan fingerprint density at radius 1 is 1.03 bits per heavy atom. The molecule has 0 saturated carbocycles. The molecule has 2 aromatic rings. The van der Waals surface area contributed by atoms with Crippen LogP contribution < -0.4 is 9.64 Å². The number of benzene rings is 2. The Balaban J connectivity index is 1.26. The van der Waals surface area contributed by atoms with Crippen LogP contribution in [-0.4, -0.2) is 55.4 Å². The van der Waals surface area contributed by atoms with Crippen molar-refractivity contribution >= 4 is 18.3 Å². The zero-order valence-electron chi connectivity index (χ0n) is 17.3. The monoisotopic (exact) mass is 412 g/mol. The number of β-amino-alcohol motifs (C(OH)–C–C–N with tert-alkyl or cyclic N) is 1. The molecule has 1 aliphatic carbocycles. The molecule has 156 valence electrons. The molecule has 5 heteroatoms. The number of hydrogen-bond donors (Lipinski definition) is 2. The quantitative estimate of drug-likeness (QED) is 0.709. The predicted molar refractivity (Wildman–Crippen MR) is 122 cm³/mol. The van der Waals surface area contributed by atoms with Crippen LogP contribution in [0.2, 0.25) is 0 Å². The van der Waals surface area contributed by atoms with Gasteiger partial charge in [-0.05, 0) is 67.5 Å². The highest BCUT2D eigenvalue weighted by molar-refractivity contribution is 7.80. The average molecular weight is 413 g/mol. The Bertz CT molecular complexity index is 834. The van der Waals surface area contributed by atoms with Crippen LogP contribution in [0.3, 0.4) is 0 Å². The highest BCUT2D eigenvalue weighted by Gasteiger charge is 2.21. The van der Waals surface area contributed by atoms with E-state index in [1.54, 1.807) is 0 Å². The molecule has 1 aliphatic heterocycles. The number of nitrogens with zero attached hydrogens (tertiary/aromatic N) is 2. The Morgan fingerprint density at radius 3 is 2.62 bits per heavy atom. The summed E-state index contributed by atoms with van der Waals surface area (Å²) in [6.45, 7) is 7.00. The summed E-state index contributed by atoms with van der Waals surface area (Å²) in [7, 11) is 0. The summed E-state index contributed by atoms with van der Waals surface area (Å²) in [6, 6.07) is 12.6. The van der Waals surface area contributed by atoms with Crippen LogP contribution in [0.1, 0.15) is 29.5 Å². The first-order valence-electron chi connectivity index (χ1n) is 10.8. The maximum absolute atomic E-state index is 10.5. The van der Waals surface area contributed by atoms with Crippen molar-refractivity contribution in [3.05, 3.63) is 53.1 Å². The van der Waals surface area contributed by atoms with E-state index >= 15 is 0 Å². The van der Waals surface area contributed by atoms with E-state index in [1.807, 2.05) is 12.1 Å². The number of hydrogen-bond acceptors (Lipinski definition) is 5. The van der Waals surface area contributed by atoms with Crippen molar-refractivity contribution in [1.29, 1.82) is 0 Å². The Hall–Kier alpha value is -1.69. The van der Waals surface area contributed by atoms with Crippen LogP contribution in [-0.2, 0) is 12.8 Å². The van der Waals surface area contributed by atoms with Crippen molar-refractivity contribution in [1.82, 2.24) is 4.90 Å². The molecule has 1 atom stereocenters. The molecular weight excluding hydrogens is 380 g/mol. The van der Waals surface area contributed by atoms with Gasteiger partial charge in [0.25, 0.3) is 0 Å². The summed E-state index contributed by atoms with van der Waals surface area (Å²) in [5.74, 6) is 0.966. The first-order valence-corrected chi connectivity index (χ1v) is 11.2. The van der Waals surface area contributed by atoms with E-state index in [2.05, 4.69) is 53.6 Å². The van der Waals surface area contributed by atoms with E-state index in [0.717, 1.165) is 49.7 Å². The lowest BCUT2D eigenvalue weighted by molar-refractivity contribution is 0.0659. The van der Waals surface area contributed by atoms with Crippen LogP contribution in [0.5, 0.6) is 5.75 Å². The minimum atomic E-state index is -0.469. The lowest BCUT2D eigenvalue weighted by Crippen LogP contribution is -2.49. The molecule has 1 saturated heterocycles. The molecule has 1 unspecified atom stereocenters. The fourth-order valence-corrected chi connectivity index (χ4v) is 4.74. The van der Waals surface area contributed by atoms with Gasteiger partial charge < -0.3 is 14.7 Å². The number of anilines is 1. The number of ether oxygens (including phenoxy) is 1. The summed E-state index contributed by atoms with van der Waals surface area (Å²) in [4.78, 5) is 5.80. The first kappa shape index (κ1) is 20.6. The molecule has 0 aromatic heterocycles. The number of thiol groups is 1. The van der Waals surface area contributed by atoms with Crippen molar-refractivity contribution < 1.29 is 9.84 Å². The molecular formula is C24H32N2O2S. The van der Waals surface area contributed by atoms with Crippen molar-refractivity contribution in [2.75, 3.05) is 44.2 Å². The van der Waals surface area contributed by atoms with E-state index in [9.17, 15) is 5.11 Å². The van der Waals surface area contributed by atoms with Gasteiger partial charge >= 0.3 is 0 Å². The van der Waals surface area contributed by atoms with Gasteiger partial charge in [0.1, 0.15) is 18.5 Å². The van der Waals surface area contributed by atoms with Gasteiger partial charge in [0, 0.05) is 43.3 Å². The van der Waals surface area contributed by atoms with Crippen molar-refractivity contribution in [2.24, 2.45) is 0 Å². The molecule has 1 N–H and O–H groups in total. The smallest absolute Gasteiger partial charge is 0.122 e. The summed E-state index contributed by atoms with van der Waals surface area (Å²) in [5.41, 5.74) is 5.28. The van der Waals surface area contributed by atoms with E-state index in [4.69, 9.17) is 4.74 Å². The maximum Gasteiger partial charge on any atom is 0.122 e. The molecule has 4 nitrogen and oxygen atoms in total. The van der Waals surface area contributed by atoms with Gasteiger partial charge in [0.2, 0.25) is 0 Å². The van der Waals surface area contributed by atoms with Gasteiger partial charge in [-0.2, -0.15) is 0 Å². The second-order valence-electron chi connectivity index (χ2n) is 8.27. The molecule has 2 aliphatic rings. The summed E-state index contributed by atoms with van der Waals surface area (Å²) < 4.78 is 6.03. The van der Waals surface area contributed by atoms with Crippen LogP contribution in [0.4, 0.5) is 5.69 Å². The van der Waals surface area contributed by atoms with Crippen LogP contribution in [0, 0.1) is 6.92 Å². The normalized spacial score (nSPS) is 18.4. The Morgan fingerprint density at radius 2 is 1.79 bits per heavy atom. The summed E-state index contributed by atoms with van der Waals surface area (Å²) in [6.07, 6.45) is 4.27. The van der Waals surface area contributed by atoms with Crippen LogP contribution in [0.25, 0.3) is 0 Å². The second-order valence-corrected chi connectivity index (χ2v) is 8.76. The van der Waals surface area contributed by atoms with Crippen molar-refractivity contribution in [3.63, 3.8) is 0 Å². The molecule has 0 spiro atoms. The van der Waals surface area contributed by atoms with E-state index < -0.39 is 6.10 Å². The van der Waals surface area contributed by atoms with E-state index in [1.165, 1.54) is 35.2 Å². The lowest BCUT2D eigenvalue weighted by atomic mass is 9.91. The van der Waals surface area contributed by atoms with Gasteiger partial charge in [0.05, 0.1) is 0 Å². The summed E-state index contributed by atoms with van der Waals surface area (Å²) >= 11 is 4.55. The highest BCUT2D eigenvalue weighted by atomic mass is 32.1. The van der Waals surface area contributed by atoms with Gasteiger partial charge in [-0.3, -0.25) is 4.90 Å². The third-order valence-electron chi connectivity index (χ3n) is 6.24. The number of fused-ring (bicyclic) bond motifs is 1. The second kappa shape index (κ2) is 9.41. The van der Waals surface area contributed by atoms with Crippen LogP contribution >= 0.6 is 12.6 Å². The van der Waals surface area contributed by atoms with E-state index in [0.29, 0.717) is 13.2 Å². The number of aliphatic hydroxyl groups is 1. The van der Waals surface area contributed by atoms with Crippen molar-refractivity contribution in [3.8, 4) is 5.75 Å². The standard InChI is InChI=1S/C24H32N2O2S/c1-18-22(9-5-11-24(18)29)26-14-12-25(13-15-26)16-20(27)17-28-23-10-4-7-19-6-2-3-8-21(19)23/h4-5,7,9-11,20,27,29H,2-3,6,8,12-17H2,1H3. The molecule has 2 aromatic carbocycles. The predicted octanol–water partition coefficient (Wildman–Crippen LogP) is 3.72. The fraction of sp³-hybridized carbons (Fsp3) is 0.500. The topological polar surface area (TPSA) is 35.9 Å². The third-order valence-corrected chi connectivity index (χ3v) is 6.73. The molecule has 1 fully saturated rings. The number of rotatable bonds is 6. The van der Waals surface area contributed by atoms with Gasteiger partial charge in [-0.1, -0.05) is 18.2 Å². The maximum atomic E-state index is 10.5. The molecule has 0 radical (unpaired) electrons. The highest BCUT2D eigenvalue weighted by Crippen LogP contribution is 2.30. The number of aliphatic hydroxyl groups excluding tert-OH is 1. The van der Waals surface area contributed by atoms with Gasteiger partial charge in [-0.25, -0.2) is 0 Å². The fourth-order valence-electron chi connectivity index (χ4n) is 4.54. The minimum absolute atomic E-state index is 0.359. The lowest BCUT2D eigenvalue weighted by Gasteiger charge is -2.37.